The molecule has 0 spiro atoms. The Morgan fingerprint density at radius 3 is 2.71 bits per heavy atom. The molecule has 4 rings (SSSR count). The van der Waals surface area contributed by atoms with Crippen LogP contribution in [0.15, 0.2) is 41.3 Å². The first-order chi connectivity index (χ1) is 16.6. The second kappa shape index (κ2) is 9.26. The molecular weight excluding hydrogens is 450 g/mol. The molecule has 0 atom stereocenters. The zero-order valence-electron chi connectivity index (χ0n) is 20.6. The number of carbonyl (C=O) groups excluding carboxylic acids is 1. The first-order valence-corrected chi connectivity index (χ1v) is 11.0. The number of hydrogen-bond donors (Lipinski definition) is 2. The number of oxazole rings is 1. The molecule has 1 amide bonds. The summed E-state index contributed by atoms with van der Waals surface area (Å²) < 4.78 is 18.2. The third kappa shape index (κ3) is 5.19. The molecule has 35 heavy (non-hydrogen) atoms. The van der Waals surface area contributed by atoms with Crippen LogP contribution >= 0.6 is 0 Å². The van der Waals surface area contributed by atoms with Gasteiger partial charge in [0.25, 0.3) is 0 Å². The van der Waals surface area contributed by atoms with Gasteiger partial charge in [-0.05, 0) is 58.6 Å². The van der Waals surface area contributed by atoms with E-state index in [-0.39, 0.29) is 0 Å². The lowest BCUT2D eigenvalue weighted by Crippen LogP contribution is -2.27. The molecule has 184 valence electrons. The Hall–Kier alpha value is -4.12. The van der Waals surface area contributed by atoms with Crippen molar-refractivity contribution < 1.29 is 18.7 Å². The molecule has 11 heteroatoms. The monoisotopic (exact) mass is 479 g/mol. The van der Waals surface area contributed by atoms with Gasteiger partial charge in [0.05, 0.1) is 25.0 Å². The number of methoxy groups -OCH3 is 1. The second-order valence-corrected chi connectivity index (χ2v) is 9.26. The van der Waals surface area contributed by atoms with Crippen LogP contribution < -0.4 is 15.8 Å². The molecule has 0 saturated carbocycles. The van der Waals surface area contributed by atoms with Crippen molar-refractivity contribution in [2.75, 3.05) is 32.3 Å². The van der Waals surface area contributed by atoms with Gasteiger partial charge in [-0.15, -0.1) is 0 Å². The molecule has 3 N–H and O–H groups in total. The Morgan fingerprint density at radius 1 is 1.26 bits per heavy atom. The number of ether oxygens (including phenoxy) is 2. The number of rotatable bonds is 6. The van der Waals surface area contributed by atoms with Gasteiger partial charge in [-0.1, -0.05) is 6.07 Å². The molecule has 11 nitrogen and oxygen atoms in total. The van der Waals surface area contributed by atoms with Crippen LogP contribution in [0.25, 0.3) is 28.0 Å². The van der Waals surface area contributed by atoms with Crippen molar-refractivity contribution in [3.63, 3.8) is 0 Å². The molecule has 0 unspecified atom stereocenters. The van der Waals surface area contributed by atoms with Gasteiger partial charge in [0.15, 0.2) is 5.82 Å². The lowest BCUT2D eigenvalue weighted by Gasteiger charge is -2.20. The zero-order chi connectivity index (χ0) is 25.3. The number of aromatic nitrogens is 4. The number of nitrogens with one attached hydrogen (secondary N) is 1. The number of nitrogens with zero attached hydrogens (tertiary/aromatic N) is 5. The van der Waals surface area contributed by atoms with Gasteiger partial charge < -0.3 is 24.5 Å². The maximum absolute atomic E-state index is 12.3. The van der Waals surface area contributed by atoms with E-state index in [1.54, 1.807) is 43.7 Å². The maximum atomic E-state index is 12.3. The Morgan fingerprint density at radius 2 is 2.03 bits per heavy atom. The van der Waals surface area contributed by atoms with Gasteiger partial charge in [-0.25, -0.2) is 19.3 Å². The quantitative estimate of drug-likeness (QED) is 0.420. The van der Waals surface area contributed by atoms with Crippen molar-refractivity contribution in [2.24, 2.45) is 0 Å². The summed E-state index contributed by atoms with van der Waals surface area (Å²) in [5.74, 6) is 1.36. The molecule has 3 heterocycles. The van der Waals surface area contributed by atoms with E-state index in [1.807, 2.05) is 31.1 Å². The number of nitrogen functional groups attached to an aromatic ring is 1. The summed E-state index contributed by atoms with van der Waals surface area (Å²) >= 11 is 0. The average Bonchev–Trinajstić information content (AvgIpc) is 3.37. The third-order valence-electron chi connectivity index (χ3n) is 5.00. The van der Waals surface area contributed by atoms with Gasteiger partial charge in [0.1, 0.15) is 35.2 Å². The van der Waals surface area contributed by atoms with Gasteiger partial charge in [-0.3, -0.25) is 5.32 Å². The first kappa shape index (κ1) is 24.0. The lowest BCUT2D eigenvalue weighted by atomic mass is 10.1. The number of fused-ring (bicyclic) bond motifs is 1. The van der Waals surface area contributed by atoms with E-state index in [0.717, 1.165) is 11.1 Å². The van der Waals surface area contributed by atoms with Gasteiger partial charge in [-0.2, -0.15) is 5.10 Å². The van der Waals surface area contributed by atoms with E-state index in [4.69, 9.17) is 19.6 Å². The van der Waals surface area contributed by atoms with Crippen LogP contribution in [-0.4, -0.2) is 57.4 Å². The fourth-order valence-electron chi connectivity index (χ4n) is 3.62. The number of anilines is 2. The largest absolute Gasteiger partial charge is 0.495 e. The number of nitrogens with two attached hydrogens (primary N) is 1. The van der Waals surface area contributed by atoms with E-state index in [0.29, 0.717) is 46.6 Å². The van der Waals surface area contributed by atoms with Crippen LogP contribution in [0.4, 0.5) is 16.3 Å². The summed E-state index contributed by atoms with van der Waals surface area (Å²) in [6.45, 7) is 5.96. The SMILES string of the molecule is COc1cc(-c2cc(-c3coc(CN(C)C)n3)n3ncnc(N)c23)ccc1NC(=O)OC(C)(C)C. The van der Waals surface area contributed by atoms with Crippen LogP contribution in [0.5, 0.6) is 5.75 Å². The number of hydrogen-bond acceptors (Lipinski definition) is 9. The predicted molar refractivity (Wildman–Crippen MR) is 132 cm³/mol. The normalized spacial score (nSPS) is 11.7. The van der Waals surface area contributed by atoms with Gasteiger partial charge in [0.2, 0.25) is 5.89 Å². The fourth-order valence-corrected chi connectivity index (χ4v) is 3.62. The van der Waals surface area contributed by atoms with E-state index in [9.17, 15) is 4.79 Å². The molecule has 0 fully saturated rings. The Kier molecular flexibility index (Phi) is 6.35. The van der Waals surface area contributed by atoms with Crippen molar-refractivity contribution in [2.45, 2.75) is 32.9 Å². The van der Waals surface area contributed by atoms with Crippen LogP contribution in [-0.2, 0) is 11.3 Å². The number of amides is 1. The van der Waals surface area contributed by atoms with Crippen molar-refractivity contribution in [1.29, 1.82) is 0 Å². The van der Waals surface area contributed by atoms with Gasteiger partial charge in [0, 0.05) is 5.56 Å². The minimum atomic E-state index is -0.621. The summed E-state index contributed by atoms with van der Waals surface area (Å²) in [5, 5.41) is 7.12. The standard InChI is InChI=1S/C24H29N7O4/c1-24(2,3)35-23(32)29-16-8-7-14(9-19(16)33-6)15-10-18(31-21(15)22(25)26-13-27-31)17-12-34-20(28-17)11-30(4)5/h7-10,12-13H,11H2,1-6H3,(H,29,32)(H2,25,26,27). The van der Waals surface area contributed by atoms with Crippen LogP contribution in [0.2, 0.25) is 0 Å². The highest BCUT2D eigenvalue weighted by molar-refractivity contribution is 5.93. The smallest absolute Gasteiger partial charge is 0.412 e. The average molecular weight is 480 g/mol. The van der Waals surface area contributed by atoms with Crippen molar-refractivity contribution >= 4 is 23.1 Å². The lowest BCUT2D eigenvalue weighted by molar-refractivity contribution is 0.0635. The molecule has 0 aliphatic carbocycles. The first-order valence-electron chi connectivity index (χ1n) is 11.0. The molecule has 4 aromatic rings. The third-order valence-corrected chi connectivity index (χ3v) is 5.00. The predicted octanol–water partition coefficient (Wildman–Crippen LogP) is 4.05. The highest BCUT2D eigenvalue weighted by Gasteiger charge is 2.21. The van der Waals surface area contributed by atoms with Gasteiger partial charge >= 0.3 is 6.09 Å². The maximum Gasteiger partial charge on any atom is 0.412 e. The second-order valence-electron chi connectivity index (χ2n) is 9.26. The topological polar surface area (TPSA) is 133 Å². The summed E-state index contributed by atoms with van der Waals surface area (Å²) in [6.07, 6.45) is 2.42. The molecule has 0 bridgehead atoms. The minimum absolute atomic E-state index is 0.313. The van der Waals surface area contributed by atoms with Crippen molar-refractivity contribution in [3.8, 4) is 28.3 Å². The Labute approximate surface area is 202 Å². The Balaban J connectivity index is 1.76. The summed E-state index contributed by atoms with van der Waals surface area (Å²) in [7, 11) is 5.41. The van der Waals surface area contributed by atoms with Crippen LogP contribution in [0.3, 0.4) is 0 Å². The van der Waals surface area contributed by atoms with E-state index in [2.05, 4.69) is 20.4 Å². The highest BCUT2D eigenvalue weighted by Crippen LogP contribution is 2.38. The van der Waals surface area contributed by atoms with Crippen molar-refractivity contribution in [1.82, 2.24) is 24.5 Å². The number of benzene rings is 1. The van der Waals surface area contributed by atoms with Crippen LogP contribution in [0.1, 0.15) is 26.7 Å². The van der Waals surface area contributed by atoms with E-state index < -0.39 is 11.7 Å². The Bertz CT molecular complexity index is 1370. The zero-order valence-corrected chi connectivity index (χ0v) is 20.6. The summed E-state index contributed by atoms with van der Waals surface area (Å²) in [6, 6.07) is 7.32. The van der Waals surface area contributed by atoms with Crippen LogP contribution in [0, 0.1) is 0 Å². The van der Waals surface area contributed by atoms with E-state index in [1.165, 1.54) is 13.4 Å². The summed E-state index contributed by atoms with van der Waals surface area (Å²) in [5.41, 5.74) is 9.62. The highest BCUT2D eigenvalue weighted by atomic mass is 16.6. The molecule has 0 saturated heterocycles. The van der Waals surface area contributed by atoms with E-state index >= 15 is 0 Å². The molecule has 3 aromatic heterocycles. The number of carbonyl (C=O) groups is 1. The molecule has 0 aliphatic rings. The summed E-state index contributed by atoms with van der Waals surface area (Å²) in [4.78, 5) is 23.0. The minimum Gasteiger partial charge on any atom is -0.495 e. The fraction of sp³-hybridized carbons (Fsp3) is 0.333. The molecule has 0 radical (unpaired) electrons. The molecular formula is C24H29N7O4. The molecule has 1 aromatic carbocycles. The van der Waals surface area contributed by atoms with Crippen molar-refractivity contribution in [3.05, 3.63) is 42.7 Å². The molecule has 0 aliphatic heterocycles.